The number of benzene rings is 1. The summed E-state index contributed by atoms with van der Waals surface area (Å²) in [4.78, 5) is 32.5. The highest BCUT2D eigenvalue weighted by Gasteiger charge is 2.13. The molecule has 0 spiro atoms. The van der Waals surface area contributed by atoms with Gasteiger partial charge in [0.1, 0.15) is 5.82 Å². The van der Waals surface area contributed by atoms with E-state index >= 15 is 0 Å². The van der Waals surface area contributed by atoms with Crippen LogP contribution < -0.4 is 15.5 Å². The van der Waals surface area contributed by atoms with Gasteiger partial charge in [0.25, 0.3) is 0 Å². The van der Waals surface area contributed by atoms with Crippen LogP contribution in [0.25, 0.3) is 22.2 Å². The molecule has 1 fully saturated rings. The summed E-state index contributed by atoms with van der Waals surface area (Å²) in [5.74, 6) is 1.20. The van der Waals surface area contributed by atoms with Gasteiger partial charge in [-0.1, -0.05) is 24.3 Å². The maximum absolute atomic E-state index is 11.9. The lowest BCUT2D eigenvalue weighted by Gasteiger charge is -2.27. The van der Waals surface area contributed by atoms with E-state index in [-0.39, 0.29) is 5.91 Å². The van der Waals surface area contributed by atoms with E-state index in [1.807, 2.05) is 36.4 Å². The van der Waals surface area contributed by atoms with E-state index in [2.05, 4.69) is 30.5 Å². The van der Waals surface area contributed by atoms with E-state index in [9.17, 15) is 4.79 Å². The lowest BCUT2D eigenvalue weighted by Crippen LogP contribution is -2.36. The number of nitrogens with zero attached hydrogens (tertiary/aromatic N) is 5. The topological polar surface area (TPSA) is 105 Å². The van der Waals surface area contributed by atoms with Crippen LogP contribution in [-0.4, -0.2) is 52.1 Å². The third-order valence-electron chi connectivity index (χ3n) is 5.57. The smallest absolute Gasteiger partial charge is 0.248 e. The van der Waals surface area contributed by atoms with Crippen molar-refractivity contribution in [2.24, 2.45) is 0 Å². The summed E-state index contributed by atoms with van der Waals surface area (Å²) in [5, 5.41) is 6.98. The highest BCUT2D eigenvalue weighted by molar-refractivity contribution is 6.00. The molecule has 5 rings (SSSR count). The molecule has 0 aliphatic carbocycles. The van der Waals surface area contributed by atoms with Gasteiger partial charge < -0.3 is 20.3 Å². The lowest BCUT2D eigenvalue weighted by molar-refractivity contribution is -0.111. The van der Waals surface area contributed by atoms with Crippen molar-refractivity contribution in [1.29, 1.82) is 0 Å². The summed E-state index contributed by atoms with van der Waals surface area (Å²) in [6, 6.07) is 13.4. The van der Waals surface area contributed by atoms with Gasteiger partial charge in [-0.3, -0.25) is 9.78 Å². The second-order valence-electron chi connectivity index (χ2n) is 7.99. The highest BCUT2D eigenvalue weighted by atomic mass is 16.5. The van der Waals surface area contributed by atoms with E-state index < -0.39 is 0 Å². The fourth-order valence-electron chi connectivity index (χ4n) is 3.88. The maximum Gasteiger partial charge on any atom is 0.248 e. The fraction of sp³-hybridized carbons (Fsp3) is 0.192. The Morgan fingerprint density at radius 1 is 1.03 bits per heavy atom. The van der Waals surface area contributed by atoms with Crippen molar-refractivity contribution in [3.8, 4) is 11.3 Å². The third-order valence-corrected chi connectivity index (χ3v) is 5.57. The molecule has 2 N–H and O–H groups in total. The molecule has 4 aromatic rings. The largest absolute Gasteiger partial charge is 0.378 e. The molecular formula is C26H25N7O2. The van der Waals surface area contributed by atoms with E-state index in [1.165, 1.54) is 6.08 Å². The SMILES string of the molecule is C/C=C\C(=O)Nc1ccnc(-c2cccc3cnc(Nc4ccc(N5CCOCC5)nc4)nc23)c1. The first kappa shape index (κ1) is 22.4. The molecule has 1 aromatic carbocycles. The minimum absolute atomic E-state index is 0.190. The van der Waals surface area contributed by atoms with E-state index in [0.29, 0.717) is 17.3 Å². The molecule has 3 aromatic heterocycles. The average Bonchev–Trinajstić information content (AvgIpc) is 2.89. The summed E-state index contributed by atoms with van der Waals surface area (Å²) < 4.78 is 5.41. The molecule has 1 aliphatic heterocycles. The van der Waals surface area contributed by atoms with Gasteiger partial charge in [0.15, 0.2) is 0 Å². The van der Waals surface area contributed by atoms with Crippen LogP contribution in [-0.2, 0) is 9.53 Å². The average molecular weight is 468 g/mol. The molecule has 35 heavy (non-hydrogen) atoms. The number of aromatic nitrogens is 4. The minimum atomic E-state index is -0.190. The summed E-state index contributed by atoms with van der Waals surface area (Å²) in [7, 11) is 0. The highest BCUT2D eigenvalue weighted by Crippen LogP contribution is 2.28. The Balaban J connectivity index is 1.40. The molecular weight excluding hydrogens is 442 g/mol. The molecule has 0 bridgehead atoms. The third kappa shape index (κ3) is 5.25. The van der Waals surface area contributed by atoms with Crippen LogP contribution in [0.2, 0.25) is 0 Å². The number of carbonyl (C=O) groups is 1. The number of allylic oxidation sites excluding steroid dienone is 1. The zero-order valence-electron chi connectivity index (χ0n) is 19.3. The summed E-state index contributed by atoms with van der Waals surface area (Å²) >= 11 is 0. The van der Waals surface area contributed by atoms with Crippen molar-refractivity contribution in [2.75, 3.05) is 41.8 Å². The molecule has 0 atom stereocenters. The van der Waals surface area contributed by atoms with Crippen LogP contribution in [0.3, 0.4) is 0 Å². The molecule has 1 amide bonds. The number of morpholine rings is 1. The Bertz CT molecular complexity index is 1370. The predicted molar refractivity (Wildman–Crippen MR) is 137 cm³/mol. The first-order valence-electron chi connectivity index (χ1n) is 11.4. The molecule has 9 nitrogen and oxygen atoms in total. The standard InChI is InChI=1S/C26H25N7O2/c1-2-4-24(34)30-19-9-10-27-22(15-19)21-6-3-5-18-16-29-26(32-25(18)21)31-20-7-8-23(28-17-20)33-11-13-35-14-12-33/h2-10,15-17H,11-14H2,1H3,(H,27,30,34)(H,29,31,32)/b4-2-. The van der Waals surface area contributed by atoms with Crippen molar-refractivity contribution in [2.45, 2.75) is 6.92 Å². The Labute approximate surface area is 202 Å². The second kappa shape index (κ2) is 10.3. The van der Waals surface area contributed by atoms with Crippen LogP contribution in [0.5, 0.6) is 0 Å². The summed E-state index contributed by atoms with van der Waals surface area (Å²) in [6.45, 7) is 4.91. The van der Waals surface area contributed by atoms with Crippen LogP contribution in [0, 0.1) is 0 Å². The molecule has 176 valence electrons. The quantitative estimate of drug-likeness (QED) is 0.407. The minimum Gasteiger partial charge on any atom is -0.378 e. The van der Waals surface area contributed by atoms with Gasteiger partial charge in [0, 0.05) is 42.1 Å². The van der Waals surface area contributed by atoms with Gasteiger partial charge in [0.05, 0.1) is 36.3 Å². The van der Waals surface area contributed by atoms with Crippen molar-refractivity contribution in [1.82, 2.24) is 19.9 Å². The van der Waals surface area contributed by atoms with Gasteiger partial charge in [-0.25, -0.2) is 15.0 Å². The number of para-hydroxylation sites is 1. The maximum atomic E-state index is 11.9. The number of ether oxygens (including phenoxy) is 1. The Morgan fingerprint density at radius 2 is 1.91 bits per heavy atom. The molecule has 0 radical (unpaired) electrons. The van der Waals surface area contributed by atoms with Crippen molar-refractivity contribution in [3.63, 3.8) is 0 Å². The Morgan fingerprint density at radius 3 is 2.71 bits per heavy atom. The monoisotopic (exact) mass is 467 g/mol. The molecule has 1 aliphatic rings. The van der Waals surface area contributed by atoms with Gasteiger partial charge in [-0.15, -0.1) is 0 Å². The second-order valence-corrected chi connectivity index (χ2v) is 7.99. The van der Waals surface area contributed by atoms with Crippen molar-refractivity contribution < 1.29 is 9.53 Å². The molecule has 1 saturated heterocycles. The number of anilines is 4. The van der Waals surface area contributed by atoms with E-state index in [4.69, 9.17) is 9.72 Å². The van der Waals surface area contributed by atoms with Gasteiger partial charge >= 0.3 is 0 Å². The number of rotatable bonds is 6. The van der Waals surface area contributed by atoms with E-state index in [1.54, 1.807) is 37.7 Å². The van der Waals surface area contributed by atoms with Gasteiger partial charge in [-0.2, -0.15) is 0 Å². The Kier molecular flexibility index (Phi) is 6.58. The summed E-state index contributed by atoms with van der Waals surface area (Å²) in [6.07, 6.45) is 8.40. The van der Waals surface area contributed by atoms with Crippen molar-refractivity contribution >= 4 is 40.0 Å². The number of hydrogen-bond acceptors (Lipinski definition) is 8. The van der Waals surface area contributed by atoms with Crippen LogP contribution in [0.15, 0.2) is 73.2 Å². The number of amides is 1. The number of fused-ring (bicyclic) bond motifs is 1. The number of hydrogen-bond donors (Lipinski definition) is 2. The fourth-order valence-corrected chi connectivity index (χ4v) is 3.88. The van der Waals surface area contributed by atoms with Gasteiger partial charge in [-0.05, 0) is 37.3 Å². The number of carbonyl (C=O) groups excluding carboxylic acids is 1. The molecule has 4 heterocycles. The first-order valence-corrected chi connectivity index (χ1v) is 11.4. The van der Waals surface area contributed by atoms with Crippen LogP contribution >= 0.6 is 0 Å². The van der Waals surface area contributed by atoms with Crippen LogP contribution in [0.4, 0.5) is 23.1 Å². The molecule has 0 saturated carbocycles. The summed E-state index contributed by atoms with van der Waals surface area (Å²) in [5.41, 5.74) is 3.76. The zero-order chi connectivity index (χ0) is 24.0. The Hall–Kier alpha value is -4.37. The van der Waals surface area contributed by atoms with Crippen LogP contribution in [0.1, 0.15) is 6.92 Å². The van der Waals surface area contributed by atoms with Crippen molar-refractivity contribution in [3.05, 3.63) is 73.2 Å². The number of pyridine rings is 2. The van der Waals surface area contributed by atoms with E-state index in [0.717, 1.165) is 54.3 Å². The number of nitrogens with one attached hydrogen (secondary N) is 2. The van der Waals surface area contributed by atoms with Gasteiger partial charge in [0.2, 0.25) is 11.9 Å². The lowest BCUT2D eigenvalue weighted by atomic mass is 10.1. The first-order chi connectivity index (χ1) is 17.2. The zero-order valence-corrected chi connectivity index (χ0v) is 19.3. The molecule has 9 heteroatoms. The normalized spacial score (nSPS) is 13.8. The predicted octanol–water partition coefficient (Wildman–Crippen LogP) is 4.18. The molecule has 0 unspecified atom stereocenters.